The number of hydrogen-bond donors (Lipinski definition) is 1. The summed E-state index contributed by atoms with van der Waals surface area (Å²) in [6.45, 7) is 2.04. The highest BCUT2D eigenvalue weighted by molar-refractivity contribution is 7.89. The minimum Gasteiger partial charge on any atom is -0.491 e. The van der Waals surface area contributed by atoms with Gasteiger partial charge in [0.25, 0.3) is 0 Å². The predicted octanol–water partition coefficient (Wildman–Crippen LogP) is 4.42. The first-order chi connectivity index (χ1) is 12.0. The summed E-state index contributed by atoms with van der Waals surface area (Å²) in [4.78, 5) is 0.735. The number of halogens is 1. The number of ether oxygens (including phenoxy) is 1. The van der Waals surface area contributed by atoms with E-state index in [0.29, 0.717) is 6.61 Å². The Kier molecular flexibility index (Phi) is 5.53. The number of thiophene rings is 2. The Morgan fingerprint density at radius 2 is 2.08 bits per heavy atom. The van der Waals surface area contributed by atoms with Crippen LogP contribution in [-0.2, 0) is 10.0 Å². The Morgan fingerprint density at radius 1 is 1.24 bits per heavy atom. The molecule has 2 heterocycles. The Labute approximate surface area is 154 Å². The largest absolute Gasteiger partial charge is 0.491 e. The van der Waals surface area contributed by atoms with Crippen LogP contribution in [0.2, 0.25) is 0 Å². The van der Waals surface area contributed by atoms with Crippen molar-refractivity contribution in [1.82, 2.24) is 4.72 Å². The van der Waals surface area contributed by atoms with Gasteiger partial charge in [-0.3, -0.25) is 0 Å². The van der Waals surface area contributed by atoms with Gasteiger partial charge < -0.3 is 4.74 Å². The Balaban J connectivity index is 1.92. The monoisotopic (exact) mass is 397 g/mol. The molecule has 0 aliphatic heterocycles. The van der Waals surface area contributed by atoms with E-state index in [4.69, 9.17) is 4.74 Å². The molecule has 3 rings (SSSR count). The third-order valence-corrected chi connectivity index (χ3v) is 6.55. The average Bonchev–Trinajstić information content (AvgIpc) is 3.28. The SMILES string of the molecule is CCOc1ccc(S(=O)(=O)NC(c2ccsc2)c2cccs2)cc1F. The molecule has 8 heteroatoms. The lowest BCUT2D eigenvalue weighted by molar-refractivity contribution is 0.321. The van der Waals surface area contributed by atoms with Crippen LogP contribution < -0.4 is 9.46 Å². The molecular weight excluding hydrogens is 381 g/mol. The van der Waals surface area contributed by atoms with Crippen LogP contribution in [0.4, 0.5) is 4.39 Å². The highest BCUT2D eigenvalue weighted by atomic mass is 32.2. The maximum absolute atomic E-state index is 14.0. The first-order valence-electron chi connectivity index (χ1n) is 7.51. The van der Waals surface area contributed by atoms with Gasteiger partial charge in [0.05, 0.1) is 17.5 Å². The molecule has 0 fully saturated rings. The number of sulfonamides is 1. The molecular formula is C17H16FNO3S3. The minimum atomic E-state index is -3.90. The lowest BCUT2D eigenvalue weighted by Gasteiger charge is -2.17. The van der Waals surface area contributed by atoms with Gasteiger partial charge in [0.1, 0.15) is 0 Å². The molecule has 1 atom stereocenters. The van der Waals surface area contributed by atoms with E-state index in [0.717, 1.165) is 16.5 Å². The molecule has 1 unspecified atom stereocenters. The van der Waals surface area contributed by atoms with Crippen molar-refractivity contribution in [3.8, 4) is 5.75 Å². The summed E-state index contributed by atoms with van der Waals surface area (Å²) in [7, 11) is -3.90. The second-order valence-corrected chi connectivity index (χ2v) is 8.62. The second kappa shape index (κ2) is 7.65. The normalized spacial score (nSPS) is 12.9. The lowest BCUT2D eigenvalue weighted by Crippen LogP contribution is -2.28. The molecule has 0 radical (unpaired) electrons. The van der Waals surface area contributed by atoms with Crippen LogP contribution >= 0.6 is 22.7 Å². The summed E-state index contributed by atoms with van der Waals surface area (Å²) >= 11 is 2.95. The maximum Gasteiger partial charge on any atom is 0.241 e. The highest BCUT2D eigenvalue weighted by Crippen LogP contribution is 2.30. The van der Waals surface area contributed by atoms with Crippen LogP contribution in [0, 0.1) is 5.82 Å². The molecule has 0 saturated heterocycles. The van der Waals surface area contributed by atoms with Gasteiger partial charge in [-0.1, -0.05) is 6.07 Å². The van der Waals surface area contributed by atoms with E-state index >= 15 is 0 Å². The summed E-state index contributed by atoms with van der Waals surface area (Å²) in [5, 5.41) is 5.67. The zero-order valence-electron chi connectivity index (χ0n) is 13.3. The molecule has 2 aromatic heterocycles. The zero-order valence-corrected chi connectivity index (χ0v) is 15.8. The quantitative estimate of drug-likeness (QED) is 0.642. The summed E-state index contributed by atoms with van der Waals surface area (Å²) in [6.07, 6.45) is 0. The van der Waals surface area contributed by atoms with Gasteiger partial charge in [0.15, 0.2) is 11.6 Å². The van der Waals surface area contributed by atoms with E-state index in [9.17, 15) is 12.8 Å². The smallest absolute Gasteiger partial charge is 0.241 e. The van der Waals surface area contributed by atoms with Gasteiger partial charge in [-0.25, -0.2) is 12.8 Å². The number of hydrogen-bond acceptors (Lipinski definition) is 5. The van der Waals surface area contributed by atoms with Crippen LogP contribution in [0.5, 0.6) is 5.75 Å². The van der Waals surface area contributed by atoms with Gasteiger partial charge in [-0.2, -0.15) is 16.1 Å². The third kappa shape index (κ3) is 4.09. The van der Waals surface area contributed by atoms with Crippen molar-refractivity contribution < 1.29 is 17.5 Å². The Morgan fingerprint density at radius 3 is 2.68 bits per heavy atom. The van der Waals surface area contributed by atoms with E-state index in [2.05, 4.69) is 4.72 Å². The highest BCUT2D eigenvalue weighted by Gasteiger charge is 2.25. The van der Waals surface area contributed by atoms with Crippen molar-refractivity contribution in [2.45, 2.75) is 17.9 Å². The standard InChI is InChI=1S/C17H16FNO3S3/c1-2-22-15-6-5-13(10-14(15)18)25(20,21)19-17(12-7-9-23-11-12)16-4-3-8-24-16/h3-11,17,19H,2H2,1H3. The fourth-order valence-corrected chi connectivity index (χ4v) is 5.11. The third-order valence-electron chi connectivity index (χ3n) is 3.49. The Bertz CT molecular complexity index is 888. The van der Waals surface area contributed by atoms with Gasteiger partial charge >= 0.3 is 0 Å². The van der Waals surface area contributed by atoms with E-state index in [-0.39, 0.29) is 10.6 Å². The predicted molar refractivity (Wildman–Crippen MR) is 98.4 cm³/mol. The summed E-state index contributed by atoms with van der Waals surface area (Å²) in [6, 6.07) is 8.75. The van der Waals surface area contributed by atoms with Crippen molar-refractivity contribution in [3.05, 3.63) is 68.8 Å². The fourth-order valence-electron chi connectivity index (χ4n) is 2.33. The maximum atomic E-state index is 14.0. The first-order valence-corrected chi connectivity index (χ1v) is 10.8. The van der Waals surface area contributed by atoms with E-state index in [1.807, 2.05) is 34.3 Å². The molecule has 1 aromatic carbocycles. The zero-order chi connectivity index (χ0) is 17.9. The van der Waals surface area contributed by atoms with Crippen LogP contribution in [0.15, 0.2) is 57.4 Å². The van der Waals surface area contributed by atoms with Crippen LogP contribution in [0.25, 0.3) is 0 Å². The summed E-state index contributed by atoms with van der Waals surface area (Å²) in [5.74, 6) is -0.665. The number of benzene rings is 1. The molecule has 132 valence electrons. The van der Waals surface area contributed by atoms with Crippen molar-refractivity contribution >= 4 is 32.7 Å². The van der Waals surface area contributed by atoms with Crippen molar-refractivity contribution in [2.24, 2.45) is 0 Å². The minimum absolute atomic E-state index is 0.0362. The molecule has 0 amide bonds. The van der Waals surface area contributed by atoms with Crippen molar-refractivity contribution in [3.63, 3.8) is 0 Å². The molecule has 0 bridgehead atoms. The molecule has 25 heavy (non-hydrogen) atoms. The topological polar surface area (TPSA) is 55.4 Å². The molecule has 0 aliphatic rings. The van der Waals surface area contributed by atoms with Crippen molar-refractivity contribution in [1.29, 1.82) is 0 Å². The summed E-state index contributed by atoms with van der Waals surface area (Å²) in [5.41, 5.74) is 0.849. The average molecular weight is 398 g/mol. The van der Waals surface area contributed by atoms with Crippen LogP contribution in [-0.4, -0.2) is 15.0 Å². The van der Waals surface area contributed by atoms with Crippen molar-refractivity contribution in [2.75, 3.05) is 6.61 Å². The second-order valence-electron chi connectivity index (χ2n) is 5.15. The Hall–Kier alpha value is -1.74. The van der Waals surface area contributed by atoms with Gasteiger partial charge in [0, 0.05) is 4.88 Å². The molecule has 0 spiro atoms. The molecule has 0 aliphatic carbocycles. The molecule has 3 aromatic rings. The number of nitrogens with one attached hydrogen (secondary N) is 1. The van der Waals surface area contributed by atoms with Gasteiger partial charge in [-0.05, 0) is 59.0 Å². The lowest BCUT2D eigenvalue weighted by atomic mass is 10.1. The van der Waals surface area contributed by atoms with Gasteiger partial charge in [-0.15, -0.1) is 11.3 Å². The number of rotatable bonds is 7. The molecule has 0 saturated carbocycles. The first kappa shape index (κ1) is 18.1. The van der Waals surface area contributed by atoms with E-state index in [1.54, 1.807) is 6.92 Å². The van der Waals surface area contributed by atoms with E-state index in [1.165, 1.54) is 34.8 Å². The molecule has 1 N–H and O–H groups in total. The fraction of sp³-hybridized carbons (Fsp3) is 0.176. The van der Waals surface area contributed by atoms with Crippen LogP contribution in [0.1, 0.15) is 23.4 Å². The van der Waals surface area contributed by atoms with Gasteiger partial charge in [0.2, 0.25) is 10.0 Å². The van der Waals surface area contributed by atoms with Crippen LogP contribution in [0.3, 0.4) is 0 Å². The molecule has 4 nitrogen and oxygen atoms in total. The summed E-state index contributed by atoms with van der Waals surface area (Å²) < 4.78 is 47.3. The van der Waals surface area contributed by atoms with E-state index < -0.39 is 21.9 Å².